The molecule has 0 bridgehead atoms. The number of halogens is 1. The lowest BCUT2D eigenvalue weighted by Crippen LogP contribution is -2.33. The van der Waals surface area contributed by atoms with Crippen LogP contribution in [0.25, 0.3) is 22.1 Å². The molecular formula is C31H28FNO6. The number of alkyl carbamates (subject to hydrolysis) is 1. The molecule has 7 nitrogen and oxygen atoms in total. The van der Waals surface area contributed by atoms with E-state index in [9.17, 15) is 18.8 Å². The minimum absolute atomic E-state index is 0.221. The zero-order valence-electron chi connectivity index (χ0n) is 21.2. The fourth-order valence-corrected chi connectivity index (χ4v) is 4.79. The van der Waals surface area contributed by atoms with Crippen molar-refractivity contribution in [3.05, 3.63) is 101 Å². The number of nitrogens with one attached hydrogen (secondary N) is 1. The molecule has 3 aromatic carbocycles. The molecule has 200 valence electrons. The highest BCUT2D eigenvalue weighted by molar-refractivity contribution is 5.84. The van der Waals surface area contributed by atoms with Crippen molar-refractivity contribution in [2.45, 2.75) is 32.3 Å². The quantitative estimate of drug-likeness (QED) is 0.173. The first kappa shape index (κ1) is 26.2. The Morgan fingerprint density at radius 1 is 0.923 bits per heavy atom. The van der Waals surface area contributed by atoms with E-state index in [1.54, 1.807) is 18.2 Å². The van der Waals surface area contributed by atoms with Crippen LogP contribution in [0.15, 0.2) is 88.1 Å². The van der Waals surface area contributed by atoms with E-state index in [4.69, 9.17) is 13.9 Å². The second-order valence-corrected chi connectivity index (χ2v) is 9.74. The summed E-state index contributed by atoms with van der Waals surface area (Å²) < 4.78 is 29.6. The van der Waals surface area contributed by atoms with Gasteiger partial charge in [-0.25, -0.2) is 14.0 Å². The Morgan fingerprint density at radius 2 is 1.67 bits per heavy atom. The largest absolute Gasteiger partial charge is 0.445 e. The summed E-state index contributed by atoms with van der Waals surface area (Å²) in [5, 5.41) is 3.47. The standard InChI is InChI=1S/C31H28FNO6/c32-25-13-10-22(11-14-25)27-16-24-12-15-26(17-28(24)39-30(27)35)38-29(34)23-8-6-20(7-9-23)18-33-31(36)37-19-21-4-2-1-3-5-21/h1-5,10-17,20,23H,6-9,18-19H2,(H,33,36). The molecule has 4 aromatic rings. The summed E-state index contributed by atoms with van der Waals surface area (Å²) >= 11 is 0. The van der Waals surface area contributed by atoms with Crippen LogP contribution in [0, 0.1) is 17.7 Å². The Kier molecular flexibility index (Phi) is 8.01. The van der Waals surface area contributed by atoms with Gasteiger partial charge in [-0.15, -0.1) is 0 Å². The number of fused-ring (bicyclic) bond motifs is 1. The highest BCUT2D eigenvalue weighted by Crippen LogP contribution is 2.31. The van der Waals surface area contributed by atoms with Crippen LogP contribution in [0.1, 0.15) is 31.2 Å². The summed E-state index contributed by atoms with van der Waals surface area (Å²) in [5.41, 5.74) is 1.54. The first-order chi connectivity index (χ1) is 18.9. The number of hydrogen-bond donors (Lipinski definition) is 1. The van der Waals surface area contributed by atoms with E-state index < -0.39 is 11.7 Å². The molecule has 1 amide bonds. The van der Waals surface area contributed by atoms with E-state index in [1.807, 2.05) is 30.3 Å². The van der Waals surface area contributed by atoms with Crippen LogP contribution in [-0.4, -0.2) is 18.6 Å². The smallest absolute Gasteiger partial charge is 0.407 e. The van der Waals surface area contributed by atoms with E-state index >= 15 is 0 Å². The fraction of sp³-hybridized carbons (Fsp3) is 0.258. The van der Waals surface area contributed by atoms with Crippen molar-refractivity contribution in [2.75, 3.05) is 6.54 Å². The normalized spacial score (nSPS) is 16.9. The van der Waals surface area contributed by atoms with Crippen LogP contribution in [-0.2, 0) is 16.1 Å². The van der Waals surface area contributed by atoms with Gasteiger partial charge < -0.3 is 19.2 Å². The summed E-state index contributed by atoms with van der Waals surface area (Å²) in [6, 6.07) is 21.7. The molecule has 0 unspecified atom stereocenters. The minimum Gasteiger partial charge on any atom is -0.445 e. The summed E-state index contributed by atoms with van der Waals surface area (Å²) in [4.78, 5) is 37.3. The lowest BCUT2D eigenvalue weighted by Gasteiger charge is -2.27. The van der Waals surface area contributed by atoms with Gasteiger partial charge >= 0.3 is 17.7 Å². The molecule has 0 atom stereocenters. The van der Waals surface area contributed by atoms with Crippen LogP contribution in [0.5, 0.6) is 5.75 Å². The van der Waals surface area contributed by atoms with Crippen LogP contribution in [0.3, 0.4) is 0 Å². The topological polar surface area (TPSA) is 94.8 Å². The van der Waals surface area contributed by atoms with Gasteiger partial charge in [0.25, 0.3) is 0 Å². The molecule has 1 fully saturated rings. The van der Waals surface area contributed by atoms with E-state index in [1.165, 1.54) is 30.3 Å². The van der Waals surface area contributed by atoms with Gasteiger partial charge in [-0.2, -0.15) is 0 Å². The van der Waals surface area contributed by atoms with Gasteiger partial charge in [-0.1, -0.05) is 42.5 Å². The average Bonchev–Trinajstić information content (AvgIpc) is 2.96. The maximum Gasteiger partial charge on any atom is 0.407 e. The molecule has 1 aromatic heterocycles. The lowest BCUT2D eigenvalue weighted by molar-refractivity contribution is -0.140. The molecule has 5 rings (SSSR count). The number of carbonyl (C=O) groups excluding carboxylic acids is 2. The van der Waals surface area contributed by atoms with Crippen molar-refractivity contribution in [1.82, 2.24) is 5.32 Å². The van der Waals surface area contributed by atoms with Crippen LogP contribution in [0.4, 0.5) is 9.18 Å². The predicted octanol–water partition coefficient (Wildman–Crippen LogP) is 6.24. The molecule has 1 saturated carbocycles. The number of rotatable bonds is 7. The lowest BCUT2D eigenvalue weighted by atomic mass is 9.82. The third-order valence-corrected chi connectivity index (χ3v) is 7.01. The maximum absolute atomic E-state index is 13.2. The Morgan fingerprint density at radius 3 is 2.41 bits per heavy atom. The van der Waals surface area contributed by atoms with Gasteiger partial charge in [0, 0.05) is 18.0 Å². The van der Waals surface area contributed by atoms with Gasteiger partial charge in [0.2, 0.25) is 0 Å². The monoisotopic (exact) mass is 529 g/mol. The molecule has 0 saturated heterocycles. The highest BCUT2D eigenvalue weighted by atomic mass is 19.1. The van der Waals surface area contributed by atoms with Crippen molar-refractivity contribution < 1.29 is 27.9 Å². The highest BCUT2D eigenvalue weighted by Gasteiger charge is 2.28. The van der Waals surface area contributed by atoms with Crippen molar-refractivity contribution in [3.63, 3.8) is 0 Å². The average molecular weight is 530 g/mol. The Hall–Kier alpha value is -4.46. The number of esters is 1. The number of benzene rings is 3. The van der Waals surface area contributed by atoms with Gasteiger partial charge in [-0.3, -0.25) is 4.79 Å². The molecule has 1 aliphatic rings. The number of carbonyl (C=O) groups is 2. The zero-order chi connectivity index (χ0) is 27.2. The first-order valence-electron chi connectivity index (χ1n) is 12.9. The van der Waals surface area contributed by atoms with Gasteiger partial charge in [0.05, 0.1) is 11.5 Å². The fourth-order valence-electron chi connectivity index (χ4n) is 4.79. The molecule has 1 N–H and O–H groups in total. The molecule has 39 heavy (non-hydrogen) atoms. The molecule has 0 spiro atoms. The zero-order valence-corrected chi connectivity index (χ0v) is 21.2. The van der Waals surface area contributed by atoms with Gasteiger partial charge in [0.1, 0.15) is 23.8 Å². The van der Waals surface area contributed by atoms with E-state index in [0.717, 1.165) is 18.4 Å². The summed E-state index contributed by atoms with van der Waals surface area (Å²) in [6.45, 7) is 0.720. The minimum atomic E-state index is -0.562. The van der Waals surface area contributed by atoms with Gasteiger partial charge in [0.15, 0.2) is 0 Å². The van der Waals surface area contributed by atoms with E-state index in [2.05, 4.69) is 5.32 Å². The van der Waals surface area contributed by atoms with Gasteiger partial charge in [-0.05, 0) is 73.1 Å². The van der Waals surface area contributed by atoms with Crippen molar-refractivity contribution in [2.24, 2.45) is 11.8 Å². The maximum atomic E-state index is 13.2. The predicted molar refractivity (Wildman–Crippen MR) is 144 cm³/mol. The molecule has 1 heterocycles. The summed E-state index contributed by atoms with van der Waals surface area (Å²) in [7, 11) is 0. The molecule has 0 radical (unpaired) electrons. The molecule has 1 aliphatic carbocycles. The number of amides is 1. The Labute approximate surface area is 224 Å². The Bertz CT molecular complexity index is 1510. The van der Waals surface area contributed by atoms with E-state index in [0.29, 0.717) is 47.2 Å². The van der Waals surface area contributed by atoms with Crippen LogP contribution in [0.2, 0.25) is 0 Å². The molecular weight excluding hydrogens is 501 g/mol. The summed E-state index contributed by atoms with van der Waals surface area (Å²) in [5.74, 6) is -0.387. The third-order valence-electron chi connectivity index (χ3n) is 7.01. The van der Waals surface area contributed by atoms with Crippen LogP contribution >= 0.6 is 0 Å². The SMILES string of the molecule is O=C(NCC1CCC(C(=O)Oc2ccc3cc(-c4ccc(F)cc4)c(=O)oc3c2)CC1)OCc1ccccc1. The van der Waals surface area contributed by atoms with Crippen LogP contribution < -0.4 is 15.7 Å². The Balaban J connectivity index is 1.11. The second-order valence-electron chi connectivity index (χ2n) is 9.74. The van der Waals surface area contributed by atoms with E-state index in [-0.39, 0.29) is 30.2 Å². The van der Waals surface area contributed by atoms with Crippen molar-refractivity contribution in [3.8, 4) is 16.9 Å². The first-order valence-corrected chi connectivity index (χ1v) is 12.9. The third kappa shape index (κ3) is 6.71. The number of hydrogen-bond acceptors (Lipinski definition) is 6. The molecule has 0 aliphatic heterocycles. The second kappa shape index (κ2) is 11.9. The molecule has 8 heteroatoms. The van der Waals surface area contributed by atoms with Crippen molar-refractivity contribution >= 4 is 23.0 Å². The van der Waals surface area contributed by atoms with Crippen molar-refractivity contribution in [1.29, 1.82) is 0 Å². The summed E-state index contributed by atoms with van der Waals surface area (Å²) in [6.07, 6.45) is 2.45. The number of ether oxygens (including phenoxy) is 2.